The van der Waals surface area contributed by atoms with Gasteiger partial charge in [-0.1, -0.05) is 48.5 Å². The highest BCUT2D eigenvalue weighted by Gasteiger charge is 2.43. The van der Waals surface area contributed by atoms with Crippen LogP contribution < -0.4 is 0 Å². The Morgan fingerprint density at radius 2 is 1.62 bits per heavy atom. The number of rotatable bonds is 4. The van der Waals surface area contributed by atoms with Gasteiger partial charge in [0.25, 0.3) is 5.91 Å². The first-order chi connectivity index (χ1) is 11.6. The molecule has 3 rings (SSSR count). The molecule has 2 amide bonds. The van der Waals surface area contributed by atoms with Crippen LogP contribution in [0.2, 0.25) is 0 Å². The minimum atomic E-state index is -1.06. The van der Waals surface area contributed by atoms with E-state index in [1.165, 1.54) is 4.90 Å². The smallest absolute Gasteiger partial charge is 0.338 e. The van der Waals surface area contributed by atoms with Gasteiger partial charge in [-0.2, -0.15) is 0 Å². The van der Waals surface area contributed by atoms with E-state index in [4.69, 9.17) is 4.74 Å². The number of imide groups is 1. The molecule has 0 spiro atoms. The molecule has 5 heteroatoms. The lowest BCUT2D eigenvalue weighted by molar-refractivity contribution is -0.143. The Kier molecular flexibility index (Phi) is 4.42. The number of nitrogens with zero attached hydrogens (tertiary/aromatic N) is 1. The molecule has 1 saturated heterocycles. The average molecular weight is 323 g/mol. The summed E-state index contributed by atoms with van der Waals surface area (Å²) in [5.74, 6) is -1.40. The van der Waals surface area contributed by atoms with Crippen molar-refractivity contribution in [1.82, 2.24) is 4.90 Å². The SMILES string of the molecule is CC(c1ccccc1)N1C(=O)C[C@@H](OC(=O)c2ccccc2)C1=O. The van der Waals surface area contributed by atoms with E-state index in [0.717, 1.165) is 5.56 Å². The molecule has 0 aliphatic carbocycles. The van der Waals surface area contributed by atoms with Crippen LogP contribution in [0.3, 0.4) is 0 Å². The highest BCUT2D eigenvalue weighted by molar-refractivity contribution is 6.06. The standard InChI is InChI=1S/C19H17NO4/c1-13(14-8-4-2-5-9-14)20-17(21)12-16(18(20)22)24-19(23)15-10-6-3-7-11-15/h2-11,13,16H,12H2,1H3/t13?,16-/m1/s1. The molecule has 24 heavy (non-hydrogen) atoms. The fourth-order valence-corrected chi connectivity index (χ4v) is 2.77. The second-order valence-electron chi connectivity index (χ2n) is 5.65. The number of esters is 1. The molecule has 0 bridgehead atoms. The van der Waals surface area contributed by atoms with Gasteiger partial charge in [-0.3, -0.25) is 14.5 Å². The third-order valence-corrected chi connectivity index (χ3v) is 4.07. The molecule has 0 aromatic heterocycles. The first-order valence-corrected chi connectivity index (χ1v) is 7.75. The van der Waals surface area contributed by atoms with Crippen LogP contribution in [0.1, 0.15) is 35.3 Å². The molecule has 0 saturated carbocycles. The molecule has 5 nitrogen and oxygen atoms in total. The molecule has 122 valence electrons. The summed E-state index contributed by atoms with van der Waals surface area (Å²) in [7, 11) is 0. The fraction of sp³-hybridized carbons (Fsp3) is 0.211. The molecule has 0 N–H and O–H groups in total. The van der Waals surface area contributed by atoms with Crippen LogP contribution in [0.5, 0.6) is 0 Å². The van der Waals surface area contributed by atoms with Crippen LogP contribution in [-0.4, -0.2) is 28.8 Å². The lowest BCUT2D eigenvalue weighted by atomic mass is 10.1. The van der Waals surface area contributed by atoms with Crippen LogP contribution in [-0.2, 0) is 14.3 Å². The molecule has 2 aromatic carbocycles. The van der Waals surface area contributed by atoms with E-state index in [1.54, 1.807) is 37.3 Å². The monoisotopic (exact) mass is 323 g/mol. The molecule has 1 unspecified atom stereocenters. The number of ether oxygens (including phenoxy) is 1. The topological polar surface area (TPSA) is 63.7 Å². The van der Waals surface area contributed by atoms with Crippen LogP contribution in [0.4, 0.5) is 0 Å². The van der Waals surface area contributed by atoms with Gasteiger partial charge in [0, 0.05) is 0 Å². The van der Waals surface area contributed by atoms with Gasteiger partial charge in [-0.15, -0.1) is 0 Å². The van der Waals surface area contributed by atoms with Crippen molar-refractivity contribution in [2.24, 2.45) is 0 Å². The summed E-state index contributed by atoms with van der Waals surface area (Å²) in [4.78, 5) is 38.0. The van der Waals surface area contributed by atoms with Gasteiger partial charge in [0.15, 0.2) is 6.10 Å². The minimum absolute atomic E-state index is 0.116. The van der Waals surface area contributed by atoms with Crippen molar-refractivity contribution in [3.63, 3.8) is 0 Å². The van der Waals surface area contributed by atoms with E-state index < -0.39 is 24.0 Å². The lowest BCUT2D eigenvalue weighted by Gasteiger charge is -2.23. The van der Waals surface area contributed by atoms with Gasteiger partial charge in [0.2, 0.25) is 5.91 Å². The Balaban J connectivity index is 1.73. The second-order valence-corrected chi connectivity index (χ2v) is 5.65. The first-order valence-electron chi connectivity index (χ1n) is 7.75. The molecule has 0 radical (unpaired) electrons. The van der Waals surface area contributed by atoms with Crippen molar-refractivity contribution in [3.05, 3.63) is 71.8 Å². The minimum Gasteiger partial charge on any atom is -0.448 e. The molecule has 1 heterocycles. The van der Waals surface area contributed by atoms with E-state index in [0.29, 0.717) is 5.56 Å². The normalized spacial score (nSPS) is 18.5. The molecular formula is C19H17NO4. The van der Waals surface area contributed by atoms with E-state index in [1.807, 2.05) is 30.3 Å². The van der Waals surface area contributed by atoms with Crippen LogP contribution in [0.25, 0.3) is 0 Å². The maximum Gasteiger partial charge on any atom is 0.338 e. The summed E-state index contributed by atoms with van der Waals surface area (Å²) >= 11 is 0. The predicted octanol–water partition coefficient (Wildman–Crippen LogP) is 2.73. The highest BCUT2D eigenvalue weighted by atomic mass is 16.5. The Hall–Kier alpha value is -2.95. The summed E-state index contributed by atoms with van der Waals surface area (Å²) in [5.41, 5.74) is 1.21. The first kappa shape index (κ1) is 15.9. The van der Waals surface area contributed by atoms with E-state index >= 15 is 0 Å². The van der Waals surface area contributed by atoms with Crippen molar-refractivity contribution in [3.8, 4) is 0 Å². The maximum atomic E-state index is 12.5. The summed E-state index contributed by atoms with van der Waals surface area (Å²) in [6.07, 6.45) is -1.18. The third-order valence-electron chi connectivity index (χ3n) is 4.07. The van der Waals surface area contributed by atoms with Crippen molar-refractivity contribution in [2.45, 2.75) is 25.5 Å². The number of carbonyl (C=O) groups is 3. The van der Waals surface area contributed by atoms with Crippen molar-refractivity contribution < 1.29 is 19.1 Å². The average Bonchev–Trinajstić information content (AvgIpc) is 2.89. The van der Waals surface area contributed by atoms with Crippen LogP contribution in [0, 0.1) is 0 Å². The second kappa shape index (κ2) is 6.66. The largest absolute Gasteiger partial charge is 0.448 e. The number of amides is 2. The predicted molar refractivity (Wildman–Crippen MR) is 87.0 cm³/mol. The van der Waals surface area contributed by atoms with Crippen molar-refractivity contribution in [2.75, 3.05) is 0 Å². The van der Waals surface area contributed by atoms with Crippen molar-refractivity contribution >= 4 is 17.8 Å². The van der Waals surface area contributed by atoms with Gasteiger partial charge < -0.3 is 4.74 Å². The summed E-state index contributed by atoms with van der Waals surface area (Å²) in [5, 5.41) is 0. The Bertz CT molecular complexity index is 757. The van der Waals surface area contributed by atoms with Gasteiger partial charge in [0.05, 0.1) is 18.0 Å². The zero-order chi connectivity index (χ0) is 17.1. The summed E-state index contributed by atoms with van der Waals surface area (Å²) < 4.78 is 5.25. The zero-order valence-corrected chi connectivity index (χ0v) is 13.2. The Labute approximate surface area is 139 Å². The Morgan fingerprint density at radius 1 is 1.04 bits per heavy atom. The molecule has 1 aliphatic rings. The Morgan fingerprint density at radius 3 is 2.25 bits per heavy atom. The summed E-state index contributed by atoms with van der Waals surface area (Å²) in [6, 6.07) is 17.3. The highest BCUT2D eigenvalue weighted by Crippen LogP contribution is 2.28. The molecule has 1 fully saturated rings. The lowest BCUT2D eigenvalue weighted by Crippen LogP contribution is -2.35. The number of carbonyl (C=O) groups excluding carboxylic acids is 3. The molecule has 1 aliphatic heterocycles. The quantitative estimate of drug-likeness (QED) is 0.641. The number of likely N-dealkylation sites (tertiary alicyclic amines) is 1. The summed E-state index contributed by atoms with van der Waals surface area (Å²) in [6.45, 7) is 1.78. The van der Waals surface area contributed by atoms with Gasteiger partial charge in [-0.25, -0.2) is 4.79 Å². The zero-order valence-electron chi connectivity index (χ0n) is 13.2. The molecular weight excluding hydrogens is 306 g/mol. The van der Waals surface area contributed by atoms with Gasteiger partial charge in [0.1, 0.15) is 0 Å². The van der Waals surface area contributed by atoms with Crippen LogP contribution >= 0.6 is 0 Å². The third kappa shape index (κ3) is 3.06. The van der Waals surface area contributed by atoms with E-state index in [-0.39, 0.29) is 12.3 Å². The van der Waals surface area contributed by atoms with Gasteiger partial charge >= 0.3 is 5.97 Å². The molecule has 2 atom stereocenters. The van der Waals surface area contributed by atoms with Crippen molar-refractivity contribution in [1.29, 1.82) is 0 Å². The van der Waals surface area contributed by atoms with E-state index in [2.05, 4.69) is 0 Å². The van der Waals surface area contributed by atoms with Crippen LogP contribution in [0.15, 0.2) is 60.7 Å². The van der Waals surface area contributed by atoms with E-state index in [9.17, 15) is 14.4 Å². The number of hydrogen-bond acceptors (Lipinski definition) is 4. The number of benzene rings is 2. The molecule has 2 aromatic rings. The van der Waals surface area contributed by atoms with Gasteiger partial charge in [-0.05, 0) is 24.6 Å². The number of hydrogen-bond donors (Lipinski definition) is 0. The fourth-order valence-electron chi connectivity index (χ4n) is 2.77. The maximum absolute atomic E-state index is 12.5.